The van der Waals surface area contributed by atoms with Gasteiger partial charge in [-0.3, -0.25) is 0 Å². The van der Waals surface area contributed by atoms with Crippen molar-refractivity contribution >= 4 is 7.75 Å². The van der Waals surface area contributed by atoms with Gasteiger partial charge < -0.3 is 9.05 Å². The van der Waals surface area contributed by atoms with Crippen molar-refractivity contribution in [1.29, 1.82) is 0 Å². The molecule has 3 aromatic rings. The average Bonchev–Trinajstić information content (AvgIpc) is 2.69. The minimum absolute atomic E-state index is 0.369. The van der Waals surface area contributed by atoms with E-state index in [0.29, 0.717) is 18.0 Å². The molecule has 0 radical (unpaired) electrons. The molecule has 5 heteroatoms. The molecule has 0 atom stereocenters. The predicted molar refractivity (Wildman–Crippen MR) is 114 cm³/mol. The van der Waals surface area contributed by atoms with E-state index < -0.39 is 7.75 Å². The molecule has 0 saturated heterocycles. The van der Waals surface area contributed by atoms with Gasteiger partial charge in [0.05, 0.1) is 0 Å². The molecule has 4 nitrogen and oxygen atoms in total. The largest absolute Gasteiger partial charge is 0.513 e. The summed E-state index contributed by atoms with van der Waals surface area (Å²) < 4.78 is 25.6. The predicted octanol–water partition coefficient (Wildman–Crippen LogP) is 6.28. The Morgan fingerprint density at radius 3 is 1.71 bits per heavy atom. The van der Waals surface area contributed by atoms with E-state index in [0.717, 1.165) is 27.8 Å². The van der Waals surface area contributed by atoms with E-state index in [-0.39, 0.29) is 0 Å². The molecule has 3 rings (SSSR count). The van der Waals surface area contributed by atoms with Crippen LogP contribution in [0.2, 0.25) is 0 Å². The zero-order chi connectivity index (χ0) is 20.1. The van der Waals surface area contributed by atoms with E-state index >= 15 is 0 Å². The van der Waals surface area contributed by atoms with Crippen molar-refractivity contribution in [2.75, 3.05) is 0 Å². The topological polar surface area (TPSA) is 47.6 Å². The monoisotopic (exact) mass is 395 g/mol. The van der Waals surface area contributed by atoms with Gasteiger partial charge in [-0.05, 0) is 67.6 Å². The first kappa shape index (κ1) is 20.2. The summed E-state index contributed by atoms with van der Waals surface area (Å²) in [7, 11) is -3.67. The van der Waals surface area contributed by atoms with Crippen molar-refractivity contribution in [3.63, 3.8) is 0 Å². The Kier molecular flexibility index (Phi) is 6.23. The number of hydrogen-bond acceptors (Lipinski definition) is 3. The van der Waals surface area contributed by atoms with Gasteiger partial charge in [-0.15, -0.1) is 0 Å². The molecule has 1 N–H and O–H groups in total. The fourth-order valence-electron chi connectivity index (χ4n) is 2.77. The van der Waals surface area contributed by atoms with Gasteiger partial charge in [0.1, 0.15) is 11.5 Å². The maximum atomic E-state index is 13.7. The molecule has 0 aliphatic heterocycles. The van der Waals surface area contributed by atoms with Crippen LogP contribution >= 0.6 is 7.75 Å². The van der Waals surface area contributed by atoms with Gasteiger partial charge in [0.2, 0.25) is 0 Å². The highest BCUT2D eigenvalue weighted by Gasteiger charge is 2.30. The van der Waals surface area contributed by atoms with E-state index in [4.69, 9.17) is 9.05 Å². The Balaban J connectivity index is 1.91. The van der Waals surface area contributed by atoms with Crippen LogP contribution in [0.4, 0.5) is 0 Å². The van der Waals surface area contributed by atoms with Gasteiger partial charge in [-0.1, -0.05) is 54.6 Å². The van der Waals surface area contributed by atoms with Crippen molar-refractivity contribution in [1.82, 2.24) is 5.09 Å². The SMILES string of the molecule is Cc1cccc(OP(=O)(NCc2ccccc2)Oc2cccc(C)c2C)c1C. The number of nitrogens with one attached hydrogen (secondary N) is 1. The minimum Gasteiger partial charge on any atom is -0.404 e. The molecule has 3 aromatic carbocycles. The third kappa shape index (κ3) is 4.83. The van der Waals surface area contributed by atoms with E-state index in [2.05, 4.69) is 5.09 Å². The lowest BCUT2D eigenvalue weighted by molar-refractivity contribution is 0.368. The summed E-state index contributed by atoms with van der Waals surface area (Å²) in [6.07, 6.45) is 0. The van der Waals surface area contributed by atoms with Gasteiger partial charge in [-0.25, -0.2) is 4.57 Å². The van der Waals surface area contributed by atoms with Crippen molar-refractivity contribution in [2.24, 2.45) is 0 Å². The molecular weight excluding hydrogens is 369 g/mol. The lowest BCUT2D eigenvalue weighted by Gasteiger charge is -2.23. The lowest BCUT2D eigenvalue weighted by Crippen LogP contribution is -2.19. The maximum absolute atomic E-state index is 13.7. The minimum atomic E-state index is -3.67. The van der Waals surface area contributed by atoms with Crippen LogP contribution in [-0.2, 0) is 11.1 Å². The Labute approximate surface area is 167 Å². The van der Waals surface area contributed by atoms with Crippen LogP contribution in [0.3, 0.4) is 0 Å². The van der Waals surface area contributed by atoms with Crippen LogP contribution in [-0.4, -0.2) is 0 Å². The Bertz CT molecular complexity index is 944. The normalized spacial score (nSPS) is 11.3. The highest BCUT2D eigenvalue weighted by molar-refractivity contribution is 7.52. The molecule has 0 aliphatic carbocycles. The smallest absolute Gasteiger partial charge is 0.404 e. The summed E-state index contributed by atoms with van der Waals surface area (Å²) in [5.74, 6) is 1.10. The molecule has 0 bridgehead atoms. The molecule has 0 heterocycles. The number of aryl methyl sites for hydroxylation is 2. The molecule has 28 heavy (non-hydrogen) atoms. The first-order valence-electron chi connectivity index (χ1n) is 9.29. The molecule has 0 aromatic heterocycles. The quantitative estimate of drug-likeness (QED) is 0.479. The third-order valence-corrected chi connectivity index (χ3v) is 6.29. The van der Waals surface area contributed by atoms with Gasteiger partial charge in [0.15, 0.2) is 0 Å². The summed E-state index contributed by atoms with van der Waals surface area (Å²) in [6, 6.07) is 21.2. The van der Waals surface area contributed by atoms with Crippen molar-refractivity contribution in [3.8, 4) is 11.5 Å². The number of hydrogen-bond donors (Lipinski definition) is 1. The second kappa shape index (κ2) is 8.64. The first-order chi connectivity index (χ1) is 13.4. The summed E-state index contributed by atoms with van der Waals surface area (Å²) in [4.78, 5) is 0. The highest BCUT2D eigenvalue weighted by atomic mass is 31.2. The molecule has 0 fully saturated rings. The van der Waals surface area contributed by atoms with E-state index in [1.54, 1.807) is 0 Å². The standard InChI is InChI=1S/C23H26NO3P/c1-17-10-8-14-22(19(17)3)26-28(25,24-16-21-12-6-5-7-13-21)27-23-15-9-11-18(2)20(23)4/h5-15H,16H2,1-4H3,(H,24,25). The van der Waals surface area contributed by atoms with E-state index in [9.17, 15) is 4.57 Å². The second-order valence-corrected chi connectivity index (χ2v) is 8.57. The van der Waals surface area contributed by atoms with Crippen molar-refractivity contribution in [2.45, 2.75) is 34.2 Å². The molecule has 0 amide bonds. The third-order valence-electron chi connectivity index (χ3n) is 4.87. The van der Waals surface area contributed by atoms with Gasteiger partial charge >= 0.3 is 7.75 Å². The maximum Gasteiger partial charge on any atom is 0.513 e. The number of benzene rings is 3. The Morgan fingerprint density at radius 2 is 1.21 bits per heavy atom. The van der Waals surface area contributed by atoms with Gasteiger partial charge in [-0.2, -0.15) is 5.09 Å². The molecule has 0 saturated carbocycles. The van der Waals surface area contributed by atoms with Crippen molar-refractivity contribution in [3.05, 3.63) is 94.5 Å². The zero-order valence-electron chi connectivity index (χ0n) is 16.7. The summed E-state index contributed by atoms with van der Waals surface area (Å²) >= 11 is 0. The summed E-state index contributed by atoms with van der Waals surface area (Å²) in [5, 5.41) is 3.01. The second-order valence-electron chi connectivity index (χ2n) is 6.90. The average molecular weight is 395 g/mol. The highest BCUT2D eigenvalue weighted by Crippen LogP contribution is 2.47. The molecule has 0 unspecified atom stereocenters. The van der Waals surface area contributed by atoms with Crippen LogP contribution in [0.25, 0.3) is 0 Å². The fraction of sp³-hybridized carbons (Fsp3) is 0.217. The molecule has 146 valence electrons. The van der Waals surface area contributed by atoms with Gasteiger partial charge in [0, 0.05) is 6.54 Å². The fourth-order valence-corrected chi connectivity index (χ4v) is 4.23. The van der Waals surface area contributed by atoms with Crippen LogP contribution in [0.1, 0.15) is 27.8 Å². The van der Waals surface area contributed by atoms with E-state index in [1.807, 2.05) is 94.4 Å². The summed E-state index contributed by atoms with van der Waals surface area (Å²) in [5.41, 5.74) is 5.01. The first-order valence-corrected chi connectivity index (χ1v) is 10.8. The molecule has 0 aliphatic rings. The van der Waals surface area contributed by atoms with Crippen LogP contribution in [0.15, 0.2) is 66.7 Å². The summed E-state index contributed by atoms with van der Waals surface area (Å²) in [6.45, 7) is 8.26. The van der Waals surface area contributed by atoms with Crippen LogP contribution in [0, 0.1) is 27.7 Å². The Morgan fingerprint density at radius 1 is 0.714 bits per heavy atom. The van der Waals surface area contributed by atoms with Crippen molar-refractivity contribution < 1.29 is 13.6 Å². The van der Waals surface area contributed by atoms with Gasteiger partial charge in [0.25, 0.3) is 0 Å². The number of rotatable bonds is 7. The molecular formula is C23H26NO3P. The lowest BCUT2D eigenvalue weighted by atomic mass is 10.1. The van der Waals surface area contributed by atoms with Crippen LogP contribution in [0.5, 0.6) is 11.5 Å². The molecule has 0 spiro atoms. The Hall–Kier alpha value is -2.55. The zero-order valence-corrected chi connectivity index (χ0v) is 17.6. The van der Waals surface area contributed by atoms with Crippen LogP contribution < -0.4 is 14.1 Å². The van der Waals surface area contributed by atoms with E-state index in [1.165, 1.54) is 0 Å².